The van der Waals surface area contributed by atoms with Gasteiger partial charge < -0.3 is 14.7 Å². The van der Waals surface area contributed by atoms with Gasteiger partial charge in [-0.1, -0.05) is 35.1 Å². The molecule has 1 fully saturated rings. The van der Waals surface area contributed by atoms with Crippen LogP contribution in [-0.4, -0.2) is 45.6 Å². The molecule has 13 heteroatoms. The Balaban J connectivity index is 1.53. The zero-order chi connectivity index (χ0) is 30.4. The molecule has 222 valence electrons. The predicted octanol–water partition coefficient (Wildman–Crippen LogP) is 4.95. The first-order valence-electron chi connectivity index (χ1n) is 13.2. The van der Waals surface area contributed by atoms with E-state index in [1.807, 2.05) is 0 Å². The zero-order valence-corrected chi connectivity index (χ0v) is 24.6. The summed E-state index contributed by atoms with van der Waals surface area (Å²) in [5.74, 6) is -0.463. The van der Waals surface area contributed by atoms with Crippen LogP contribution in [0.5, 0.6) is 5.88 Å². The first-order chi connectivity index (χ1) is 19.7. The standard InChI is InChI=1S/C29H28ClF3N4O4S/c1-28(2,3)41-26(39)36-9-8-16(14-36)15-37-25(38)24(42-27(37)40)21(17-5-7-23-19(10-17)13-34-35-23)11-18-4-6-20(30)12-22(18)29(31,32)33/h4-7,10,12-13,16,38H,8-9,11,14-15H2,1-3H3/t16-/m1/s1. The number of carbonyl (C=O) groups is 1. The Kier molecular flexibility index (Phi) is 7.97. The topological polar surface area (TPSA) is 96.5 Å². The summed E-state index contributed by atoms with van der Waals surface area (Å²) in [6.45, 7) is 6.26. The fourth-order valence-corrected chi connectivity index (χ4v) is 6.18. The Bertz CT molecular complexity index is 1760. The second kappa shape index (κ2) is 11.2. The second-order valence-electron chi connectivity index (χ2n) is 11.3. The van der Waals surface area contributed by atoms with Crippen molar-refractivity contribution >= 4 is 40.8 Å². The third kappa shape index (κ3) is 6.39. The number of fused-ring (bicyclic) bond motifs is 1. The van der Waals surface area contributed by atoms with Gasteiger partial charge in [0.2, 0.25) is 5.88 Å². The molecule has 42 heavy (non-hydrogen) atoms. The van der Waals surface area contributed by atoms with E-state index in [1.165, 1.54) is 22.9 Å². The number of hydrogen-bond donors (Lipinski definition) is 1. The molecule has 0 spiro atoms. The molecular formula is C29H28ClF3N4O4S. The largest absolute Gasteiger partial charge is 0.493 e. The lowest BCUT2D eigenvalue weighted by Gasteiger charge is -2.24. The van der Waals surface area contributed by atoms with Crippen LogP contribution < -0.4 is 15.4 Å². The van der Waals surface area contributed by atoms with E-state index in [-0.39, 0.29) is 40.2 Å². The van der Waals surface area contributed by atoms with Gasteiger partial charge in [0.25, 0.3) is 0 Å². The number of halogens is 4. The van der Waals surface area contributed by atoms with Crippen molar-refractivity contribution in [2.45, 2.75) is 51.9 Å². The molecule has 0 aliphatic carbocycles. The average Bonchev–Trinajstić information content (AvgIpc) is 3.62. The van der Waals surface area contributed by atoms with Crippen molar-refractivity contribution in [1.82, 2.24) is 9.47 Å². The number of rotatable bonds is 5. The number of ether oxygens (including phenoxy) is 1. The Hall–Kier alpha value is -3.64. The van der Waals surface area contributed by atoms with E-state index in [0.717, 1.165) is 17.4 Å². The predicted molar refractivity (Wildman–Crippen MR) is 154 cm³/mol. The van der Waals surface area contributed by atoms with Crippen LogP contribution >= 0.6 is 22.9 Å². The molecule has 1 saturated heterocycles. The lowest BCUT2D eigenvalue weighted by Crippen LogP contribution is -2.35. The number of hydrogen-bond acceptors (Lipinski definition) is 7. The zero-order valence-electron chi connectivity index (χ0n) is 23.0. The fourth-order valence-electron chi connectivity index (χ4n) is 5.05. The number of nitrogens with zero attached hydrogens (tertiary/aromatic N) is 4. The monoisotopic (exact) mass is 620 g/mol. The molecule has 0 bridgehead atoms. The molecule has 3 heterocycles. The SMILES string of the molecule is CC(C)(C)OC(=O)N1CC[C@@H](Cn2c(O)c(C(Cc3ccc(Cl)cc3C(F)(F)F)=c3ccc4c(c3)C=NN=4)sc2=O)C1. The highest BCUT2D eigenvalue weighted by atomic mass is 35.5. The summed E-state index contributed by atoms with van der Waals surface area (Å²) in [5, 5.41) is 20.3. The number of thiazole rings is 1. The Morgan fingerprint density at radius 1 is 1.19 bits per heavy atom. The molecule has 0 unspecified atom stereocenters. The number of benzene rings is 2. The van der Waals surface area contributed by atoms with Crippen molar-refractivity contribution in [3.05, 3.63) is 83.2 Å². The van der Waals surface area contributed by atoms with Crippen LogP contribution in [0, 0.1) is 5.92 Å². The van der Waals surface area contributed by atoms with Gasteiger partial charge in [0.15, 0.2) is 0 Å². The van der Waals surface area contributed by atoms with Gasteiger partial charge in [-0.15, -0.1) is 0 Å². The average molecular weight is 621 g/mol. The Morgan fingerprint density at radius 2 is 1.95 bits per heavy atom. The molecule has 2 aromatic carbocycles. The third-order valence-corrected chi connectivity index (χ3v) is 8.27. The molecule has 5 rings (SSSR count). The van der Waals surface area contributed by atoms with Gasteiger partial charge in [0.05, 0.1) is 22.0 Å². The van der Waals surface area contributed by atoms with Gasteiger partial charge in [-0.05, 0) is 73.7 Å². The number of likely N-dealkylation sites (tertiary alicyclic amines) is 1. The van der Waals surface area contributed by atoms with Gasteiger partial charge in [-0.2, -0.15) is 23.4 Å². The summed E-state index contributed by atoms with van der Waals surface area (Å²) in [5.41, 5.74) is -0.601. The van der Waals surface area contributed by atoms with E-state index in [0.29, 0.717) is 41.2 Å². The normalized spacial score (nSPS) is 17.3. The van der Waals surface area contributed by atoms with E-state index >= 15 is 0 Å². The van der Waals surface area contributed by atoms with Gasteiger partial charge in [0, 0.05) is 36.6 Å². The molecule has 1 atom stereocenters. The van der Waals surface area contributed by atoms with E-state index in [9.17, 15) is 27.9 Å². The maximum atomic E-state index is 14.0. The maximum absolute atomic E-state index is 14.0. The minimum atomic E-state index is -4.67. The van der Waals surface area contributed by atoms with Gasteiger partial charge >= 0.3 is 17.1 Å². The molecule has 1 aromatic heterocycles. The molecule has 2 aliphatic rings. The van der Waals surface area contributed by atoms with Crippen LogP contribution in [0.25, 0.3) is 5.57 Å². The van der Waals surface area contributed by atoms with Crippen molar-refractivity contribution in [2.75, 3.05) is 13.1 Å². The molecule has 0 radical (unpaired) electrons. The third-order valence-electron chi connectivity index (χ3n) is 7.00. The Labute approximate surface area is 248 Å². The number of aromatic nitrogens is 1. The van der Waals surface area contributed by atoms with Crippen LogP contribution in [-0.2, 0) is 23.9 Å². The van der Waals surface area contributed by atoms with Crippen LogP contribution in [0.3, 0.4) is 0 Å². The molecule has 1 amide bonds. The highest BCUT2D eigenvalue weighted by Crippen LogP contribution is 2.37. The van der Waals surface area contributed by atoms with Crippen molar-refractivity contribution in [2.24, 2.45) is 16.1 Å². The summed E-state index contributed by atoms with van der Waals surface area (Å²) >= 11 is 6.66. The molecule has 1 N–H and O–H groups in total. The highest BCUT2D eigenvalue weighted by Gasteiger charge is 2.35. The lowest BCUT2D eigenvalue weighted by atomic mass is 9.96. The molecular weight excluding hydrogens is 593 g/mol. The van der Waals surface area contributed by atoms with Crippen LogP contribution in [0.4, 0.5) is 18.0 Å². The van der Waals surface area contributed by atoms with Crippen LogP contribution in [0.1, 0.15) is 48.8 Å². The van der Waals surface area contributed by atoms with Gasteiger partial charge in [0.1, 0.15) is 5.60 Å². The molecule has 3 aromatic rings. The van der Waals surface area contributed by atoms with Crippen molar-refractivity contribution in [1.29, 1.82) is 0 Å². The number of alkyl halides is 3. The summed E-state index contributed by atoms with van der Waals surface area (Å²) < 4.78 is 48.6. The smallest absolute Gasteiger partial charge is 0.416 e. The maximum Gasteiger partial charge on any atom is 0.416 e. The fraction of sp³-hybridized carbons (Fsp3) is 0.379. The number of amides is 1. The van der Waals surface area contributed by atoms with Gasteiger partial charge in [-0.25, -0.2) is 4.79 Å². The summed E-state index contributed by atoms with van der Waals surface area (Å²) in [7, 11) is 0. The first kappa shape index (κ1) is 29.8. The van der Waals surface area contributed by atoms with Crippen LogP contribution in [0.15, 0.2) is 51.4 Å². The second-order valence-corrected chi connectivity index (χ2v) is 12.7. The number of aromatic hydroxyl groups is 1. The summed E-state index contributed by atoms with van der Waals surface area (Å²) in [4.78, 5) is 26.9. The number of carbonyl (C=O) groups excluding carboxylic acids is 1. The van der Waals surface area contributed by atoms with E-state index in [2.05, 4.69) is 10.2 Å². The Morgan fingerprint density at radius 3 is 2.67 bits per heavy atom. The van der Waals surface area contributed by atoms with Crippen molar-refractivity contribution < 1.29 is 27.8 Å². The van der Waals surface area contributed by atoms with E-state index < -0.39 is 28.3 Å². The van der Waals surface area contributed by atoms with E-state index in [1.54, 1.807) is 43.9 Å². The quantitative estimate of drug-likeness (QED) is 0.437. The molecule has 2 aliphatic heterocycles. The minimum Gasteiger partial charge on any atom is -0.493 e. The van der Waals surface area contributed by atoms with Crippen molar-refractivity contribution in [3.8, 4) is 5.88 Å². The minimum absolute atomic E-state index is 0.0568. The van der Waals surface area contributed by atoms with Crippen LogP contribution in [0.2, 0.25) is 5.02 Å². The molecule has 8 nitrogen and oxygen atoms in total. The van der Waals surface area contributed by atoms with E-state index in [4.69, 9.17) is 16.3 Å². The first-order valence-corrected chi connectivity index (χ1v) is 14.4. The summed E-state index contributed by atoms with van der Waals surface area (Å²) in [6, 6.07) is 8.63. The highest BCUT2D eigenvalue weighted by molar-refractivity contribution is 7.10. The lowest BCUT2D eigenvalue weighted by molar-refractivity contribution is -0.138. The van der Waals surface area contributed by atoms with Crippen molar-refractivity contribution in [3.63, 3.8) is 0 Å². The van der Waals surface area contributed by atoms with Gasteiger partial charge in [-0.3, -0.25) is 9.36 Å². The summed E-state index contributed by atoms with van der Waals surface area (Å²) in [6.07, 6.45) is -3.22. The molecule has 0 saturated carbocycles.